The summed E-state index contributed by atoms with van der Waals surface area (Å²) in [5.41, 5.74) is 1.68. The number of aliphatic hydroxyl groups excluding tert-OH is 1. The highest BCUT2D eigenvalue weighted by atomic mass is 19.2. The molecule has 106 valence electrons. The highest BCUT2D eigenvalue weighted by molar-refractivity contribution is 5.33. The smallest absolute Gasteiger partial charge is 0.164 e. The average molecular weight is 276 g/mol. The van der Waals surface area contributed by atoms with Crippen molar-refractivity contribution in [1.82, 2.24) is 0 Å². The SMILES string of the molecule is CC(C)Cc1ccc(C(O)c2cccc(F)c2F)cc1. The van der Waals surface area contributed by atoms with Gasteiger partial charge in [-0.1, -0.05) is 50.2 Å². The van der Waals surface area contributed by atoms with Gasteiger partial charge in [0, 0.05) is 5.56 Å². The standard InChI is InChI=1S/C17H18F2O/c1-11(2)10-12-6-8-13(9-7-12)17(20)14-4-3-5-15(18)16(14)19/h3-9,11,17,20H,10H2,1-2H3. The Morgan fingerprint density at radius 1 is 1.00 bits per heavy atom. The summed E-state index contributed by atoms with van der Waals surface area (Å²) in [6.07, 6.45) is -0.205. The van der Waals surface area contributed by atoms with Crippen molar-refractivity contribution in [3.8, 4) is 0 Å². The van der Waals surface area contributed by atoms with Crippen molar-refractivity contribution in [2.45, 2.75) is 26.4 Å². The molecule has 0 fully saturated rings. The van der Waals surface area contributed by atoms with Crippen molar-refractivity contribution in [2.24, 2.45) is 5.92 Å². The van der Waals surface area contributed by atoms with E-state index in [2.05, 4.69) is 13.8 Å². The van der Waals surface area contributed by atoms with Crippen LogP contribution in [0.3, 0.4) is 0 Å². The molecule has 0 aliphatic heterocycles. The second-order valence-corrected chi connectivity index (χ2v) is 5.39. The third-order valence-corrected chi connectivity index (χ3v) is 3.22. The van der Waals surface area contributed by atoms with Crippen molar-refractivity contribution < 1.29 is 13.9 Å². The Bertz CT molecular complexity index is 576. The van der Waals surface area contributed by atoms with Crippen LogP contribution in [0.5, 0.6) is 0 Å². The minimum atomic E-state index is -1.15. The van der Waals surface area contributed by atoms with Gasteiger partial charge in [-0.25, -0.2) is 8.78 Å². The quantitative estimate of drug-likeness (QED) is 0.885. The van der Waals surface area contributed by atoms with E-state index in [9.17, 15) is 13.9 Å². The molecule has 0 amide bonds. The lowest BCUT2D eigenvalue weighted by molar-refractivity contribution is 0.213. The Morgan fingerprint density at radius 2 is 1.65 bits per heavy atom. The first-order chi connectivity index (χ1) is 9.49. The van der Waals surface area contributed by atoms with Crippen LogP contribution in [-0.2, 0) is 6.42 Å². The van der Waals surface area contributed by atoms with E-state index in [1.54, 1.807) is 12.1 Å². The van der Waals surface area contributed by atoms with Gasteiger partial charge in [0.05, 0.1) is 0 Å². The van der Waals surface area contributed by atoms with Crippen LogP contribution in [0.4, 0.5) is 8.78 Å². The minimum absolute atomic E-state index is 0.0402. The van der Waals surface area contributed by atoms with Crippen LogP contribution >= 0.6 is 0 Å². The first-order valence-electron chi connectivity index (χ1n) is 6.70. The van der Waals surface area contributed by atoms with E-state index in [1.807, 2.05) is 12.1 Å². The van der Waals surface area contributed by atoms with Crippen LogP contribution < -0.4 is 0 Å². The number of aliphatic hydroxyl groups is 1. The van der Waals surface area contributed by atoms with E-state index in [4.69, 9.17) is 0 Å². The van der Waals surface area contributed by atoms with E-state index in [1.165, 1.54) is 12.1 Å². The fraction of sp³-hybridized carbons (Fsp3) is 0.294. The number of hydrogen-bond donors (Lipinski definition) is 1. The van der Waals surface area contributed by atoms with Crippen molar-refractivity contribution in [2.75, 3.05) is 0 Å². The van der Waals surface area contributed by atoms with Gasteiger partial charge in [-0.05, 0) is 29.5 Å². The maximum Gasteiger partial charge on any atom is 0.164 e. The molecule has 2 aromatic rings. The first-order valence-corrected chi connectivity index (χ1v) is 6.70. The third kappa shape index (κ3) is 3.23. The molecule has 3 heteroatoms. The van der Waals surface area contributed by atoms with Crippen LogP contribution in [0.2, 0.25) is 0 Å². The van der Waals surface area contributed by atoms with Crippen LogP contribution in [0.25, 0.3) is 0 Å². The Hall–Kier alpha value is -1.74. The number of hydrogen-bond acceptors (Lipinski definition) is 1. The summed E-state index contributed by atoms with van der Waals surface area (Å²) in [4.78, 5) is 0. The summed E-state index contributed by atoms with van der Waals surface area (Å²) in [6, 6.07) is 11.2. The van der Waals surface area contributed by atoms with Gasteiger partial charge >= 0.3 is 0 Å². The lowest BCUT2D eigenvalue weighted by atomic mass is 9.97. The van der Waals surface area contributed by atoms with Gasteiger partial charge in [-0.3, -0.25) is 0 Å². The zero-order chi connectivity index (χ0) is 14.7. The molecule has 2 rings (SSSR count). The van der Waals surface area contributed by atoms with Crippen molar-refractivity contribution in [3.05, 3.63) is 70.8 Å². The van der Waals surface area contributed by atoms with E-state index in [0.29, 0.717) is 11.5 Å². The molecular weight excluding hydrogens is 258 g/mol. The lowest BCUT2D eigenvalue weighted by Gasteiger charge is -2.13. The normalized spacial score (nSPS) is 12.7. The molecule has 0 aliphatic rings. The van der Waals surface area contributed by atoms with Crippen LogP contribution in [-0.4, -0.2) is 5.11 Å². The van der Waals surface area contributed by atoms with Crippen molar-refractivity contribution >= 4 is 0 Å². The van der Waals surface area contributed by atoms with Crippen LogP contribution in [0.15, 0.2) is 42.5 Å². The van der Waals surface area contributed by atoms with Gasteiger partial charge in [0.15, 0.2) is 11.6 Å². The molecule has 1 unspecified atom stereocenters. The van der Waals surface area contributed by atoms with Crippen molar-refractivity contribution in [1.29, 1.82) is 0 Å². The van der Waals surface area contributed by atoms with Crippen molar-refractivity contribution in [3.63, 3.8) is 0 Å². The molecule has 0 aromatic heterocycles. The fourth-order valence-corrected chi connectivity index (χ4v) is 2.22. The van der Waals surface area contributed by atoms with E-state index in [0.717, 1.165) is 18.1 Å². The van der Waals surface area contributed by atoms with Gasteiger partial charge in [0.1, 0.15) is 6.10 Å². The minimum Gasteiger partial charge on any atom is -0.384 e. The third-order valence-electron chi connectivity index (χ3n) is 3.22. The molecule has 0 spiro atoms. The molecule has 1 atom stereocenters. The van der Waals surface area contributed by atoms with Gasteiger partial charge < -0.3 is 5.11 Å². The second-order valence-electron chi connectivity index (χ2n) is 5.39. The second kappa shape index (κ2) is 6.14. The first kappa shape index (κ1) is 14.7. The summed E-state index contributed by atoms with van der Waals surface area (Å²) in [5.74, 6) is -1.39. The summed E-state index contributed by atoms with van der Waals surface area (Å²) in [6.45, 7) is 4.26. The summed E-state index contributed by atoms with van der Waals surface area (Å²) < 4.78 is 26.8. The zero-order valence-electron chi connectivity index (χ0n) is 11.6. The molecular formula is C17H18F2O. The molecule has 0 radical (unpaired) electrons. The molecule has 1 nitrogen and oxygen atoms in total. The van der Waals surface area contributed by atoms with E-state index >= 15 is 0 Å². The highest BCUT2D eigenvalue weighted by Gasteiger charge is 2.17. The van der Waals surface area contributed by atoms with Gasteiger partial charge in [-0.15, -0.1) is 0 Å². The van der Waals surface area contributed by atoms with E-state index in [-0.39, 0.29) is 5.56 Å². The van der Waals surface area contributed by atoms with Gasteiger partial charge in [0.25, 0.3) is 0 Å². The highest BCUT2D eigenvalue weighted by Crippen LogP contribution is 2.26. The van der Waals surface area contributed by atoms with Crippen LogP contribution in [0, 0.1) is 17.6 Å². The molecule has 0 heterocycles. The van der Waals surface area contributed by atoms with Gasteiger partial charge in [-0.2, -0.15) is 0 Å². The maximum absolute atomic E-state index is 13.7. The van der Waals surface area contributed by atoms with E-state index < -0.39 is 17.7 Å². The Balaban J connectivity index is 2.25. The summed E-state index contributed by atoms with van der Waals surface area (Å²) >= 11 is 0. The Morgan fingerprint density at radius 3 is 2.25 bits per heavy atom. The molecule has 0 saturated heterocycles. The summed E-state index contributed by atoms with van der Waals surface area (Å²) in [5, 5.41) is 10.2. The predicted octanol–water partition coefficient (Wildman–Crippen LogP) is 4.25. The van der Waals surface area contributed by atoms with Gasteiger partial charge in [0.2, 0.25) is 0 Å². The Kier molecular flexibility index (Phi) is 4.50. The molecule has 20 heavy (non-hydrogen) atoms. The molecule has 0 saturated carbocycles. The number of halogens is 2. The molecule has 0 aliphatic carbocycles. The maximum atomic E-state index is 13.7. The zero-order valence-corrected chi connectivity index (χ0v) is 11.6. The molecule has 1 N–H and O–H groups in total. The number of benzene rings is 2. The lowest BCUT2D eigenvalue weighted by Crippen LogP contribution is -2.04. The predicted molar refractivity (Wildman–Crippen MR) is 75.4 cm³/mol. The monoisotopic (exact) mass is 276 g/mol. The molecule has 0 bridgehead atoms. The topological polar surface area (TPSA) is 20.2 Å². The number of rotatable bonds is 4. The molecule has 2 aromatic carbocycles. The Labute approximate surface area is 117 Å². The largest absolute Gasteiger partial charge is 0.384 e. The average Bonchev–Trinajstić information content (AvgIpc) is 2.41. The van der Waals surface area contributed by atoms with Crippen LogP contribution in [0.1, 0.15) is 36.6 Å². The fourth-order valence-electron chi connectivity index (χ4n) is 2.22. The summed E-state index contributed by atoms with van der Waals surface area (Å²) in [7, 11) is 0.